The van der Waals surface area contributed by atoms with Crippen LogP contribution in [0.25, 0.3) is 11.3 Å². The molecule has 190 valence electrons. The standard InChI is InChI=1S/C28H38FN3O3/c1-20(2)16-32(17-22(33)19-34-28(3,4)5)18-23-26(21-12-8-7-9-13-21)30-31(6)27(23)35-25-15-11-10-14-24(25)29/h7-15,20,22,33H,16-19H2,1-6H3. The van der Waals surface area contributed by atoms with Crippen molar-refractivity contribution in [1.82, 2.24) is 14.7 Å². The van der Waals surface area contributed by atoms with Gasteiger partial charge in [-0.15, -0.1) is 0 Å². The number of ether oxygens (including phenoxy) is 2. The topological polar surface area (TPSA) is 59.8 Å². The predicted molar refractivity (Wildman–Crippen MR) is 137 cm³/mol. The number of aliphatic hydroxyl groups is 1. The van der Waals surface area contributed by atoms with Crippen molar-refractivity contribution in [2.75, 3.05) is 19.7 Å². The maximum Gasteiger partial charge on any atom is 0.222 e. The van der Waals surface area contributed by atoms with Crippen LogP contribution in [0.3, 0.4) is 0 Å². The fourth-order valence-electron chi connectivity index (χ4n) is 3.92. The van der Waals surface area contributed by atoms with Crippen LogP contribution in [0, 0.1) is 11.7 Å². The molecular weight excluding hydrogens is 445 g/mol. The Bertz CT molecular complexity index is 1080. The molecule has 0 amide bonds. The lowest BCUT2D eigenvalue weighted by Crippen LogP contribution is -2.38. The third-order valence-corrected chi connectivity index (χ3v) is 5.36. The van der Waals surface area contributed by atoms with Crippen LogP contribution in [-0.2, 0) is 18.3 Å². The molecule has 1 unspecified atom stereocenters. The van der Waals surface area contributed by atoms with Crippen molar-refractivity contribution in [2.24, 2.45) is 13.0 Å². The lowest BCUT2D eigenvalue weighted by atomic mass is 10.1. The fourth-order valence-corrected chi connectivity index (χ4v) is 3.92. The van der Waals surface area contributed by atoms with Crippen LogP contribution in [-0.4, -0.2) is 51.2 Å². The number of rotatable bonds is 11. The van der Waals surface area contributed by atoms with Gasteiger partial charge in [0, 0.05) is 32.2 Å². The molecule has 1 atom stereocenters. The van der Waals surface area contributed by atoms with E-state index in [0.717, 1.165) is 23.4 Å². The van der Waals surface area contributed by atoms with Crippen molar-refractivity contribution < 1.29 is 19.0 Å². The van der Waals surface area contributed by atoms with Gasteiger partial charge in [-0.3, -0.25) is 4.90 Å². The second kappa shape index (κ2) is 11.8. The molecule has 3 rings (SSSR count). The van der Waals surface area contributed by atoms with Gasteiger partial charge in [-0.1, -0.05) is 56.3 Å². The number of hydrogen-bond acceptors (Lipinski definition) is 5. The highest BCUT2D eigenvalue weighted by Gasteiger charge is 2.25. The van der Waals surface area contributed by atoms with Gasteiger partial charge in [0.15, 0.2) is 11.6 Å². The minimum absolute atomic E-state index is 0.144. The van der Waals surface area contributed by atoms with Crippen LogP contribution in [0.1, 0.15) is 40.2 Å². The van der Waals surface area contributed by atoms with E-state index in [1.54, 1.807) is 29.9 Å². The van der Waals surface area contributed by atoms with Gasteiger partial charge in [-0.05, 0) is 38.8 Å². The Labute approximate surface area is 208 Å². The average molecular weight is 484 g/mol. The van der Waals surface area contributed by atoms with Crippen molar-refractivity contribution in [1.29, 1.82) is 0 Å². The normalized spacial score (nSPS) is 13.0. The molecule has 0 aliphatic carbocycles. The summed E-state index contributed by atoms with van der Waals surface area (Å²) in [6, 6.07) is 16.2. The molecule has 7 heteroatoms. The summed E-state index contributed by atoms with van der Waals surface area (Å²) in [5.41, 5.74) is 2.23. The molecule has 0 saturated heterocycles. The second-order valence-electron chi connectivity index (χ2n) is 10.3. The molecule has 0 fully saturated rings. The number of hydrogen-bond donors (Lipinski definition) is 1. The summed E-state index contributed by atoms with van der Waals surface area (Å²) in [7, 11) is 1.80. The zero-order valence-electron chi connectivity index (χ0n) is 21.7. The lowest BCUT2D eigenvalue weighted by Gasteiger charge is -2.28. The predicted octanol–water partition coefficient (Wildman–Crippen LogP) is 5.65. The van der Waals surface area contributed by atoms with Crippen molar-refractivity contribution in [2.45, 2.75) is 52.9 Å². The zero-order chi connectivity index (χ0) is 25.6. The third kappa shape index (κ3) is 7.88. The molecule has 0 radical (unpaired) electrons. The Hall–Kier alpha value is -2.74. The summed E-state index contributed by atoms with van der Waals surface area (Å²) in [6.45, 7) is 12.1. The summed E-state index contributed by atoms with van der Waals surface area (Å²) in [5, 5.41) is 15.5. The van der Waals surface area contributed by atoms with Gasteiger partial charge in [0.25, 0.3) is 0 Å². The first-order valence-corrected chi connectivity index (χ1v) is 12.1. The van der Waals surface area contributed by atoms with E-state index in [2.05, 4.69) is 18.7 Å². The zero-order valence-corrected chi connectivity index (χ0v) is 21.7. The monoisotopic (exact) mass is 483 g/mol. The van der Waals surface area contributed by atoms with Crippen LogP contribution in [0.4, 0.5) is 4.39 Å². The molecule has 3 aromatic rings. The fraction of sp³-hybridized carbons (Fsp3) is 0.464. The number of halogens is 1. The Morgan fingerprint density at radius 1 is 1.03 bits per heavy atom. The number of para-hydroxylation sites is 1. The quantitative estimate of drug-likeness (QED) is 0.382. The molecule has 0 aliphatic heterocycles. The van der Waals surface area contributed by atoms with Crippen molar-refractivity contribution in [3.05, 3.63) is 66.0 Å². The van der Waals surface area contributed by atoms with Crippen molar-refractivity contribution >= 4 is 0 Å². The van der Waals surface area contributed by atoms with Crippen LogP contribution in [0.5, 0.6) is 11.6 Å². The number of aryl methyl sites for hydroxylation is 1. The van der Waals surface area contributed by atoms with Crippen LogP contribution in [0.2, 0.25) is 0 Å². The smallest absolute Gasteiger partial charge is 0.222 e. The summed E-state index contributed by atoms with van der Waals surface area (Å²) in [6.07, 6.45) is -0.652. The van der Waals surface area contributed by atoms with E-state index in [-0.39, 0.29) is 18.0 Å². The number of benzene rings is 2. The molecule has 0 saturated carbocycles. The van der Waals surface area contributed by atoms with Crippen LogP contribution >= 0.6 is 0 Å². The maximum atomic E-state index is 14.4. The maximum absolute atomic E-state index is 14.4. The van der Waals surface area contributed by atoms with E-state index in [4.69, 9.17) is 14.6 Å². The molecule has 1 N–H and O–H groups in total. The van der Waals surface area contributed by atoms with Gasteiger partial charge in [0.1, 0.15) is 5.69 Å². The summed E-state index contributed by atoms with van der Waals surface area (Å²) < 4.78 is 28.0. The van der Waals surface area contributed by atoms with Crippen LogP contribution in [0.15, 0.2) is 54.6 Å². The molecule has 0 bridgehead atoms. The highest BCUT2D eigenvalue weighted by atomic mass is 19.1. The molecular formula is C28H38FN3O3. The molecule has 0 spiro atoms. The van der Waals surface area contributed by atoms with E-state index in [0.29, 0.717) is 24.9 Å². The number of aromatic nitrogens is 2. The van der Waals surface area contributed by atoms with Crippen molar-refractivity contribution in [3.8, 4) is 22.9 Å². The number of nitrogens with zero attached hydrogens (tertiary/aromatic N) is 3. The molecule has 1 aromatic heterocycles. The van der Waals surface area contributed by atoms with Gasteiger partial charge in [0.05, 0.1) is 23.9 Å². The summed E-state index contributed by atoms with van der Waals surface area (Å²) >= 11 is 0. The summed E-state index contributed by atoms with van der Waals surface area (Å²) in [5.74, 6) is 0.557. The minimum atomic E-state index is -0.652. The van der Waals surface area contributed by atoms with Gasteiger partial charge >= 0.3 is 0 Å². The third-order valence-electron chi connectivity index (χ3n) is 5.36. The van der Waals surface area contributed by atoms with Gasteiger partial charge in [0.2, 0.25) is 5.88 Å². The van der Waals surface area contributed by atoms with Crippen molar-refractivity contribution in [3.63, 3.8) is 0 Å². The van der Waals surface area contributed by atoms with E-state index < -0.39 is 11.9 Å². The second-order valence-corrected chi connectivity index (χ2v) is 10.3. The molecule has 35 heavy (non-hydrogen) atoms. The first-order chi connectivity index (χ1) is 16.5. The van der Waals surface area contributed by atoms with Crippen LogP contribution < -0.4 is 4.74 Å². The summed E-state index contributed by atoms with van der Waals surface area (Å²) in [4.78, 5) is 2.18. The largest absolute Gasteiger partial charge is 0.436 e. The highest BCUT2D eigenvalue weighted by molar-refractivity contribution is 5.65. The average Bonchev–Trinajstić information content (AvgIpc) is 3.08. The van der Waals surface area contributed by atoms with Gasteiger partial charge in [-0.25, -0.2) is 9.07 Å². The SMILES string of the molecule is CC(C)CN(Cc1c(-c2ccccc2)nn(C)c1Oc1ccccc1F)CC(O)COC(C)(C)C. The number of aliphatic hydroxyl groups excluding tert-OH is 1. The van der Waals surface area contributed by atoms with E-state index in [1.165, 1.54) is 6.07 Å². The Balaban J connectivity index is 1.96. The molecule has 6 nitrogen and oxygen atoms in total. The van der Waals surface area contributed by atoms with Gasteiger partial charge in [-0.2, -0.15) is 5.10 Å². The Morgan fingerprint density at radius 3 is 2.31 bits per heavy atom. The van der Waals surface area contributed by atoms with E-state index in [9.17, 15) is 9.50 Å². The first kappa shape index (κ1) is 26.9. The lowest BCUT2D eigenvalue weighted by molar-refractivity contribution is -0.0573. The molecule has 1 heterocycles. The Morgan fingerprint density at radius 2 is 1.69 bits per heavy atom. The van der Waals surface area contributed by atoms with E-state index >= 15 is 0 Å². The molecule has 2 aromatic carbocycles. The first-order valence-electron chi connectivity index (χ1n) is 12.1. The van der Waals surface area contributed by atoms with E-state index in [1.807, 2.05) is 51.1 Å². The Kier molecular flexibility index (Phi) is 9.05. The van der Waals surface area contributed by atoms with Gasteiger partial charge < -0.3 is 14.6 Å². The minimum Gasteiger partial charge on any atom is -0.436 e. The highest BCUT2D eigenvalue weighted by Crippen LogP contribution is 2.35. The molecule has 0 aliphatic rings.